The first-order valence-electron chi connectivity index (χ1n) is 7.19. The summed E-state index contributed by atoms with van der Waals surface area (Å²) < 4.78 is 0.380. The molecule has 1 aliphatic rings. The summed E-state index contributed by atoms with van der Waals surface area (Å²) in [6, 6.07) is 4.45. The maximum absolute atomic E-state index is 12.2. The number of nitro groups is 1. The summed E-state index contributed by atoms with van der Waals surface area (Å²) in [6.45, 7) is 2.80. The van der Waals surface area contributed by atoms with Gasteiger partial charge in [0, 0.05) is 18.2 Å². The highest BCUT2D eigenvalue weighted by atomic mass is 79.9. The molecule has 2 rings (SSSR count). The molecule has 0 radical (unpaired) electrons. The molecular weight excluding hydrogens is 336 g/mol. The molecule has 0 spiro atoms. The molecule has 1 amide bonds. The van der Waals surface area contributed by atoms with Crippen LogP contribution in [0.2, 0.25) is 0 Å². The van der Waals surface area contributed by atoms with E-state index in [1.165, 1.54) is 25.0 Å². The molecule has 5 nitrogen and oxygen atoms in total. The number of benzene rings is 1. The van der Waals surface area contributed by atoms with E-state index in [4.69, 9.17) is 0 Å². The Morgan fingerprint density at radius 2 is 2.10 bits per heavy atom. The van der Waals surface area contributed by atoms with Crippen LogP contribution < -0.4 is 5.32 Å². The quantitative estimate of drug-likeness (QED) is 0.640. The lowest BCUT2D eigenvalue weighted by Crippen LogP contribution is -2.35. The normalized spacial score (nSPS) is 16.7. The fourth-order valence-electron chi connectivity index (χ4n) is 2.94. The van der Waals surface area contributed by atoms with Crippen LogP contribution in [0.1, 0.15) is 49.4 Å². The molecule has 0 bridgehead atoms. The van der Waals surface area contributed by atoms with Crippen LogP contribution in [0.5, 0.6) is 0 Å². The van der Waals surface area contributed by atoms with Crippen molar-refractivity contribution in [2.24, 2.45) is 5.41 Å². The van der Waals surface area contributed by atoms with E-state index in [-0.39, 0.29) is 17.0 Å². The van der Waals surface area contributed by atoms with Crippen LogP contribution in [0.25, 0.3) is 0 Å². The van der Waals surface area contributed by atoms with E-state index in [0.717, 1.165) is 19.3 Å². The Morgan fingerprint density at radius 1 is 1.43 bits per heavy atom. The fraction of sp³-hybridized carbons (Fsp3) is 0.533. The second-order valence-electron chi connectivity index (χ2n) is 5.67. The highest BCUT2D eigenvalue weighted by Crippen LogP contribution is 2.40. The summed E-state index contributed by atoms with van der Waals surface area (Å²) in [6.07, 6.45) is 5.77. The fourth-order valence-corrected chi connectivity index (χ4v) is 3.34. The molecule has 1 aliphatic carbocycles. The average molecular weight is 355 g/mol. The Hall–Kier alpha value is -1.43. The molecule has 114 valence electrons. The van der Waals surface area contributed by atoms with E-state index < -0.39 is 4.92 Å². The van der Waals surface area contributed by atoms with E-state index in [0.29, 0.717) is 16.6 Å². The predicted octanol–water partition coefficient (Wildman–Crippen LogP) is 4.06. The third-order valence-corrected chi connectivity index (χ3v) is 5.11. The minimum atomic E-state index is -0.495. The van der Waals surface area contributed by atoms with Crippen molar-refractivity contribution in [2.45, 2.75) is 39.0 Å². The van der Waals surface area contributed by atoms with Gasteiger partial charge in [-0.2, -0.15) is 0 Å². The van der Waals surface area contributed by atoms with Crippen molar-refractivity contribution < 1.29 is 9.72 Å². The Morgan fingerprint density at radius 3 is 2.67 bits per heavy atom. The Kier molecular flexibility index (Phi) is 4.98. The van der Waals surface area contributed by atoms with Crippen LogP contribution in [-0.4, -0.2) is 17.4 Å². The molecule has 0 unspecified atom stereocenters. The lowest BCUT2D eigenvalue weighted by atomic mass is 9.83. The first-order chi connectivity index (χ1) is 9.97. The van der Waals surface area contributed by atoms with Gasteiger partial charge in [0.2, 0.25) is 0 Å². The van der Waals surface area contributed by atoms with Crippen LogP contribution in [0, 0.1) is 15.5 Å². The standard InChI is InChI=1S/C15H19BrN2O3/c1-2-15(7-3-4-8-15)10-17-14(19)11-5-6-12(16)13(9-11)18(20)21/h5-6,9H,2-4,7-8,10H2,1H3,(H,17,19). The van der Waals surface area contributed by atoms with Crippen molar-refractivity contribution in [3.63, 3.8) is 0 Å². The second-order valence-corrected chi connectivity index (χ2v) is 6.52. The maximum Gasteiger partial charge on any atom is 0.284 e. The molecule has 1 aromatic rings. The number of hydrogen-bond donors (Lipinski definition) is 1. The number of carbonyl (C=O) groups is 1. The number of nitro benzene ring substituents is 1. The van der Waals surface area contributed by atoms with E-state index in [1.54, 1.807) is 6.07 Å². The number of rotatable bonds is 5. The van der Waals surface area contributed by atoms with E-state index in [1.807, 2.05) is 0 Å². The Labute approximate surface area is 132 Å². The lowest BCUT2D eigenvalue weighted by molar-refractivity contribution is -0.385. The number of carbonyl (C=O) groups excluding carboxylic acids is 1. The van der Waals surface area contributed by atoms with Crippen LogP contribution in [0.3, 0.4) is 0 Å². The first-order valence-corrected chi connectivity index (χ1v) is 7.99. The molecule has 0 aliphatic heterocycles. The van der Waals surface area contributed by atoms with Gasteiger partial charge in [-0.3, -0.25) is 14.9 Å². The molecule has 6 heteroatoms. The molecule has 0 saturated heterocycles. The van der Waals surface area contributed by atoms with Gasteiger partial charge in [0.15, 0.2) is 0 Å². The smallest absolute Gasteiger partial charge is 0.284 e. The summed E-state index contributed by atoms with van der Waals surface area (Å²) >= 11 is 3.12. The van der Waals surface area contributed by atoms with E-state index in [2.05, 4.69) is 28.2 Å². The largest absolute Gasteiger partial charge is 0.351 e. The van der Waals surface area contributed by atoms with Crippen molar-refractivity contribution in [3.8, 4) is 0 Å². The molecule has 1 fully saturated rings. The van der Waals surface area contributed by atoms with Gasteiger partial charge in [-0.15, -0.1) is 0 Å². The monoisotopic (exact) mass is 354 g/mol. The number of nitrogens with zero attached hydrogens (tertiary/aromatic N) is 1. The Balaban J connectivity index is 2.07. The van der Waals surface area contributed by atoms with Crippen molar-refractivity contribution >= 4 is 27.5 Å². The predicted molar refractivity (Wildman–Crippen MR) is 84.3 cm³/mol. The summed E-state index contributed by atoms with van der Waals surface area (Å²) in [5, 5.41) is 13.8. The van der Waals surface area contributed by atoms with Crippen molar-refractivity contribution in [1.29, 1.82) is 0 Å². The molecule has 0 aromatic heterocycles. The molecular formula is C15H19BrN2O3. The molecule has 1 N–H and O–H groups in total. The van der Waals surface area contributed by atoms with Gasteiger partial charge < -0.3 is 5.32 Å². The summed E-state index contributed by atoms with van der Waals surface area (Å²) in [7, 11) is 0. The third-order valence-electron chi connectivity index (χ3n) is 4.44. The molecule has 21 heavy (non-hydrogen) atoms. The number of halogens is 1. The van der Waals surface area contributed by atoms with Crippen molar-refractivity contribution in [2.75, 3.05) is 6.54 Å². The number of hydrogen-bond acceptors (Lipinski definition) is 3. The molecule has 0 heterocycles. The van der Waals surface area contributed by atoms with Crippen molar-refractivity contribution in [3.05, 3.63) is 38.3 Å². The zero-order valence-corrected chi connectivity index (χ0v) is 13.6. The zero-order valence-electron chi connectivity index (χ0n) is 12.0. The summed E-state index contributed by atoms with van der Waals surface area (Å²) in [5.41, 5.74) is 0.444. The second kappa shape index (κ2) is 6.56. The van der Waals surface area contributed by atoms with Gasteiger partial charge in [-0.1, -0.05) is 19.8 Å². The van der Waals surface area contributed by atoms with Gasteiger partial charge in [0.1, 0.15) is 0 Å². The summed E-state index contributed by atoms with van der Waals surface area (Å²) in [5.74, 6) is -0.245. The number of nitrogens with one attached hydrogen (secondary N) is 1. The summed E-state index contributed by atoms with van der Waals surface area (Å²) in [4.78, 5) is 22.6. The van der Waals surface area contributed by atoms with Crippen molar-refractivity contribution in [1.82, 2.24) is 5.32 Å². The molecule has 1 saturated carbocycles. The van der Waals surface area contributed by atoms with Gasteiger partial charge in [-0.25, -0.2) is 0 Å². The van der Waals surface area contributed by atoms with E-state index in [9.17, 15) is 14.9 Å². The van der Waals surface area contributed by atoms with E-state index >= 15 is 0 Å². The van der Waals surface area contributed by atoms with Crippen LogP contribution in [-0.2, 0) is 0 Å². The van der Waals surface area contributed by atoms with Crippen LogP contribution in [0.15, 0.2) is 22.7 Å². The van der Waals surface area contributed by atoms with Crippen LogP contribution in [0.4, 0.5) is 5.69 Å². The minimum Gasteiger partial charge on any atom is -0.351 e. The third kappa shape index (κ3) is 3.61. The maximum atomic E-state index is 12.2. The van der Waals surface area contributed by atoms with Gasteiger partial charge in [0.25, 0.3) is 11.6 Å². The first kappa shape index (κ1) is 15.9. The van der Waals surface area contributed by atoms with Gasteiger partial charge in [-0.05, 0) is 52.7 Å². The topological polar surface area (TPSA) is 72.2 Å². The lowest BCUT2D eigenvalue weighted by Gasteiger charge is -2.27. The minimum absolute atomic E-state index is 0.0891. The van der Waals surface area contributed by atoms with Gasteiger partial charge in [0.05, 0.1) is 9.40 Å². The number of amides is 1. The Bertz CT molecular complexity index is 554. The van der Waals surface area contributed by atoms with Gasteiger partial charge >= 0.3 is 0 Å². The zero-order chi connectivity index (χ0) is 15.5. The molecule has 1 aromatic carbocycles. The SMILES string of the molecule is CCC1(CNC(=O)c2ccc(Br)c([N+](=O)[O-])c2)CCCC1. The highest BCUT2D eigenvalue weighted by molar-refractivity contribution is 9.10. The highest BCUT2D eigenvalue weighted by Gasteiger charge is 2.32. The average Bonchev–Trinajstić information content (AvgIpc) is 2.94. The molecule has 0 atom stereocenters. The van der Waals surface area contributed by atoms with Crippen LogP contribution >= 0.6 is 15.9 Å².